The van der Waals surface area contributed by atoms with Crippen LogP contribution in [0.2, 0.25) is 0 Å². The maximum absolute atomic E-state index is 13.6. The molecule has 0 aliphatic heterocycles. The van der Waals surface area contributed by atoms with Crippen LogP contribution in [0.1, 0.15) is 76.8 Å². The number of aromatic nitrogens is 4. The Bertz CT molecular complexity index is 1460. The van der Waals surface area contributed by atoms with Crippen LogP contribution in [0.5, 0.6) is 0 Å². The number of nitrogens with one attached hydrogen (secondary N) is 3. The van der Waals surface area contributed by atoms with E-state index in [-0.39, 0.29) is 30.2 Å². The summed E-state index contributed by atoms with van der Waals surface area (Å²) < 4.78 is 0. The highest BCUT2D eigenvalue weighted by Gasteiger charge is 2.20. The summed E-state index contributed by atoms with van der Waals surface area (Å²) in [5.74, 6) is 0.203. The Morgan fingerprint density at radius 3 is 2.33 bits per heavy atom. The standard InChI is InChI=1S/C30H31N7O3/c1-20(38)25-8-5-9-26(18-25)31-30(40)37(27-16-14-23(15-17-27)22-6-3-2-4-7-22)19-21-10-12-24(13-11-21)28(39)32-29-33-35-36-34-29/h5,8-18,22H,2-4,6-7,19H2,1H3,(H,31,40)(H2,32,33,34,35,36,39). The molecule has 10 nitrogen and oxygen atoms in total. The SMILES string of the molecule is CC(=O)c1cccc(NC(=O)N(Cc2ccc(C(=O)Nc3nn[nH]n3)cc2)c2ccc(C3CCCCC3)cc2)c1. The maximum atomic E-state index is 13.6. The summed E-state index contributed by atoms with van der Waals surface area (Å²) >= 11 is 0. The molecule has 0 radical (unpaired) electrons. The average Bonchev–Trinajstić information content (AvgIpc) is 3.50. The zero-order chi connectivity index (χ0) is 27.9. The zero-order valence-electron chi connectivity index (χ0n) is 22.3. The number of rotatable bonds is 8. The molecule has 204 valence electrons. The van der Waals surface area contributed by atoms with E-state index in [1.807, 2.05) is 12.1 Å². The fourth-order valence-corrected chi connectivity index (χ4v) is 4.98. The van der Waals surface area contributed by atoms with Crippen molar-refractivity contribution < 1.29 is 14.4 Å². The van der Waals surface area contributed by atoms with Gasteiger partial charge in [0, 0.05) is 22.5 Å². The number of benzene rings is 3. The van der Waals surface area contributed by atoms with Crippen LogP contribution < -0.4 is 15.5 Å². The van der Waals surface area contributed by atoms with E-state index in [2.05, 4.69) is 43.4 Å². The highest BCUT2D eigenvalue weighted by atomic mass is 16.2. The van der Waals surface area contributed by atoms with Gasteiger partial charge in [0.15, 0.2) is 5.78 Å². The molecular formula is C30H31N7O3. The molecule has 10 heteroatoms. The molecule has 5 rings (SSSR count). The van der Waals surface area contributed by atoms with Crippen LogP contribution in [0.3, 0.4) is 0 Å². The van der Waals surface area contributed by atoms with Crippen LogP contribution in [-0.4, -0.2) is 38.3 Å². The Labute approximate surface area is 232 Å². The Balaban J connectivity index is 1.36. The first kappa shape index (κ1) is 26.7. The van der Waals surface area contributed by atoms with E-state index in [0.29, 0.717) is 22.7 Å². The molecule has 1 aliphatic carbocycles. The van der Waals surface area contributed by atoms with E-state index < -0.39 is 0 Å². The van der Waals surface area contributed by atoms with E-state index in [1.165, 1.54) is 44.6 Å². The van der Waals surface area contributed by atoms with Gasteiger partial charge in [-0.15, -0.1) is 5.10 Å². The first-order chi connectivity index (χ1) is 19.5. The van der Waals surface area contributed by atoms with Crippen molar-refractivity contribution in [3.8, 4) is 0 Å². The van der Waals surface area contributed by atoms with Crippen LogP contribution in [0.4, 0.5) is 22.1 Å². The first-order valence-corrected chi connectivity index (χ1v) is 13.4. The van der Waals surface area contributed by atoms with E-state index >= 15 is 0 Å². The number of aromatic amines is 1. The fraction of sp³-hybridized carbons (Fsp3) is 0.267. The maximum Gasteiger partial charge on any atom is 0.326 e. The lowest BCUT2D eigenvalue weighted by atomic mass is 9.84. The van der Waals surface area contributed by atoms with Crippen LogP contribution in [-0.2, 0) is 6.54 Å². The summed E-state index contributed by atoms with van der Waals surface area (Å²) in [5, 5.41) is 18.7. The van der Waals surface area contributed by atoms with Gasteiger partial charge in [0.2, 0.25) is 0 Å². The predicted molar refractivity (Wildman–Crippen MR) is 152 cm³/mol. The second-order valence-electron chi connectivity index (χ2n) is 9.97. The van der Waals surface area contributed by atoms with Gasteiger partial charge >= 0.3 is 6.03 Å². The third-order valence-corrected chi connectivity index (χ3v) is 7.17. The summed E-state index contributed by atoms with van der Waals surface area (Å²) in [7, 11) is 0. The minimum absolute atomic E-state index is 0.0743. The molecule has 3 N–H and O–H groups in total. The molecular weight excluding hydrogens is 506 g/mol. The third-order valence-electron chi connectivity index (χ3n) is 7.17. The second kappa shape index (κ2) is 12.3. The fourth-order valence-electron chi connectivity index (χ4n) is 4.98. The number of hydrogen-bond acceptors (Lipinski definition) is 6. The summed E-state index contributed by atoms with van der Waals surface area (Å²) in [6.07, 6.45) is 6.20. The Hall–Kier alpha value is -4.86. The topological polar surface area (TPSA) is 133 Å². The molecule has 0 atom stereocenters. The van der Waals surface area contributed by atoms with Crippen molar-refractivity contribution >= 4 is 35.0 Å². The minimum atomic E-state index is -0.369. The summed E-state index contributed by atoms with van der Waals surface area (Å²) in [6, 6.07) is 21.7. The molecule has 4 aromatic rings. The van der Waals surface area contributed by atoms with Crippen molar-refractivity contribution in [2.75, 3.05) is 15.5 Å². The van der Waals surface area contributed by atoms with Crippen molar-refractivity contribution in [1.82, 2.24) is 20.6 Å². The van der Waals surface area contributed by atoms with Gasteiger partial charge in [-0.1, -0.05) is 60.8 Å². The lowest BCUT2D eigenvalue weighted by Crippen LogP contribution is -2.34. The number of hydrogen-bond donors (Lipinski definition) is 3. The highest BCUT2D eigenvalue weighted by molar-refractivity contribution is 6.04. The van der Waals surface area contributed by atoms with Gasteiger partial charge < -0.3 is 5.32 Å². The van der Waals surface area contributed by atoms with Crippen LogP contribution in [0.25, 0.3) is 0 Å². The van der Waals surface area contributed by atoms with E-state index in [9.17, 15) is 14.4 Å². The average molecular weight is 538 g/mol. The Morgan fingerprint density at radius 1 is 0.900 bits per heavy atom. The lowest BCUT2D eigenvalue weighted by Gasteiger charge is -2.26. The molecule has 0 unspecified atom stereocenters. The van der Waals surface area contributed by atoms with Gasteiger partial charge in [0.05, 0.1) is 6.54 Å². The number of carbonyl (C=O) groups excluding carboxylic acids is 3. The smallest absolute Gasteiger partial charge is 0.308 e. The first-order valence-electron chi connectivity index (χ1n) is 13.4. The largest absolute Gasteiger partial charge is 0.326 e. The predicted octanol–water partition coefficient (Wildman–Crippen LogP) is 5.94. The number of ketones is 1. The van der Waals surface area contributed by atoms with Crippen LogP contribution in [0.15, 0.2) is 72.8 Å². The van der Waals surface area contributed by atoms with Crippen molar-refractivity contribution in [3.63, 3.8) is 0 Å². The van der Waals surface area contributed by atoms with Gasteiger partial charge in [0.25, 0.3) is 11.9 Å². The summed E-state index contributed by atoms with van der Waals surface area (Å²) in [5.41, 5.74) is 4.36. The summed E-state index contributed by atoms with van der Waals surface area (Å²) in [4.78, 5) is 39.6. The van der Waals surface area contributed by atoms with Crippen molar-refractivity contribution in [1.29, 1.82) is 0 Å². The molecule has 3 amide bonds. The molecule has 40 heavy (non-hydrogen) atoms. The number of Topliss-reactive ketones (excluding diaryl/α,β-unsaturated/α-hetero) is 1. The number of carbonyl (C=O) groups is 3. The van der Waals surface area contributed by atoms with E-state index in [1.54, 1.807) is 53.4 Å². The monoisotopic (exact) mass is 537 g/mol. The lowest BCUT2D eigenvalue weighted by molar-refractivity contribution is 0.101. The second-order valence-corrected chi connectivity index (χ2v) is 9.97. The number of amides is 3. The zero-order valence-corrected chi connectivity index (χ0v) is 22.3. The highest BCUT2D eigenvalue weighted by Crippen LogP contribution is 2.33. The van der Waals surface area contributed by atoms with Gasteiger partial charge in [-0.3, -0.25) is 19.8 Å². The molecule has 3 aromatic carbocycles. The number of anilines is 3. The normalized spacial score (nSPS) is 13.4. The number of tetrazole rings is 1. The van der Waals surface area contributed by atoms with Gasteiger partial charge in [-0.25, -0.2) is 4.79 Å². The van der Waals surface area contributed by atoms with Gasteiger partial charge in [-0.05, 0) is 78.4 Å². The molecule has 0 saturated heterocycles. The molecule has 1 aromatic heterocycles. The van der Waals surface area contributed by atoms with Crippen LogP contribution >= 0.6 is 0 Å². The summed E-state index contributed by atoms with van der Waals surface area (Å²) in [6.45, 7) is 1.76. The molecule has 1 saturated carbocycles. The molecule has 1 heterocycles. The van der Waals surface area contributed by atoms with Gasteiger partial charge in [0.1, 0.15) is 0 Å². The van der Waals surface area contributed by atoms with Crippen LogP contribution in [0, 0.1) is 0 Å². The minimum Gasteiger partial charge on any atom is -0.308 e. The van der Waals surface area contributed by atoms with Crippen molar-refractivity contribution in [2.45, 2.75) is 51.5 Å². The number of H-pyrrole nitrogens is 1. The van der Waals surface area contributed by atoms with Crippen molar-refractivity contribution in [2.24, 2.45) is 0 Å². The van der Waals surface area contributed by atoms with E-state index in [4.69, 9.17) is 0 Å². The van der Waals surface area contributed by atoms with E-state index in [0.717, 1.165) is 11.3 Å². The Morgan fingerprint density at radius 2 is 1.65 bits per heavy atom. The Kier molecular flexibility index (Phi) is 8.24. The number of nitrogens with zero attached hydrogens (tertiary/aromatic N) is 4. The van der Waals surface area contributed by atoms with Gasteiger partial charge in [-0.2, -0.15) is 5.21 Å². The molecule has 1 fully saturated rings. The van der Waals surface area contributed by atoms with Crippen molar-refractivity contribution in [3.05, 3.63) is 95.1 Å². The number of urea groups is 1. The molecule has 0 spiro atoms. The molecule has 0 bridgehead atoms. The quantitative estimate of drug-likeness (QED) is 0.238. The molecule has 1 aliphatic rings. The third kappa shape index (κ3) is 6.58.